The molecule has 0 radical (unpaired) electrons. The molecule has 0 bridgehead atoms. The number of halogens is 4. The molecule has 1 fully saturated rings. The second kappa shape index (κ2) is 11.6. The number of carbonyl (C=O) groups is 3. The van der Waals surface area contributed by atoms with Crippen LogP contribution in [-0.2, 0) is 16.2 Å². The van der Waals surface area contributed by atoms with Gasteiger partial charge >= 0.3 is 6.03 Å². The van der Waals surface area contributed by atoms with Gasteiger partial charge in [-0.2, -0.15) is 0 Å². The molecule has 11 heteroatoms. The van der Waals surface area contributed by atoms with Crippen molar-refractivity contribution in [3.63, 3.8) is 0 Å². The number of imide groups is 1. The Hall–Kier alpha value is -3.04. The fraction of sp³-hybridized carbons (Fsp3) is 0.115. The Morgan fingerprint density at radius 1 is 1.05 bits per heavy atom. The molecule has 1 heterocycles. The standard InChI is InChI=1S/C26H19BrCl3N3O4/c1-14-3-2-4-17(7-14)31-23(34)12-33-25(35)22(32-26(33)36)11-16-8-18(27)24(21(30)10-16)37-13-15-5-6-19(28)20(29)9-15/h2-11H,12-13H2,1H3,(H,31,34)(H,32,36)/b22-11+. The van der Waals surface area contributed by atoms with Crippen LogP contribution in [-0.4, -0.2) is 29.3 Å². The monoisotopic (exact) mass is 621 g/mol. The second-order valence-electron chi connectivity index (χ2n) is 8.15. The molecule has 1 aliphatic heterocycles. The summed E-state index contributed by atoms with van der Waals surface area (Å²) in [4.78, 5) is 38.4. The molecule has 3 aromatic carbocycles. The number of benzene rings is 3. The average molecular weight is 624 g/mol. The Morgan fingerprint density at radius 3 is 2.54 bits per heavy atom. The van der Waals surface area contributed by atoms with Gasteiger partial charge in [0.25, 0.3) is 5.91 Å². The number of hydrogen-bond acceptors (Lipinski definition) is 4. The largest absolute Gasteiger partial charge is 0.486 e. The molecule has 2 N–H and O–H groups in total. The fourth-order valence-corrected chi connectivity index (χ4v) is 4.84. The maximum atomic E-state index is 12.8. The smallest absolute Gasteiger partial charge is 0.329 e. The summed E-state index contributed by atoms with van der Waals surface area (Å²) >= 11 is 21.9. The SMILES string of the molecule is Cc1cccc(NC(=O)CN2C(=O)N/C(=C/c3cc(Cl)c(OCc4ccc(Cl)c(Cl)c4)c(Br)c3)C2=O)c1. The molecule has 1 saturated heterocycles. The quantitative estimate of drug-likeness (QED) is 0.223. The molecule has 7 nitrogen and oxygen atoms in total. The minimum Gasteiger partial charge on any atom is -0.486 e. The normalized spacial score (nSPS) is 14.2. The van der Waals surface area contributed by atoms with E-state index in [-0.39, 0.29) is 17.3 Å². The summed E-state index contributed by atoms with van der Waals surface area (Å²) in [6.07, 6.45) is 1.47. The van der Waals surface area contributed by atoms with Crippen molar-refractivity contribution in [2.24, 2.45) is 0 Å². The van der Waals surface area contributed by atoms with Gasteiger partial charge in [-0.25, -0.2) is 9.69 Å². The number of urea groups is 1. The molecule has 0 atom stereocenters. The zero-order valence-electron chi connectivity index (χ0n) is 19.3. The number of amides is 4. The van der Waals surface area contributed by atoms with Gasteiger partial charge < -0.3 is 15.4 Å². The molecule has 190 valence electrons. The second-order valence-corrected chi connectivity index (χ2v) is 10.2. The van der Waals surface area contributed by atoms with E-state index < -0.39 is 24.4 Å². The third-order valence-electron chi connectivity index (χ3n) is 5.26. The first-order valence-corrected chi connectivity index (χ1v) is 12.8. The van der Waals surface area contributed by atoms with E-state index in [9.17, 15) is 14.4 Å². The van der Waals surface area contributed by atoms with Crippen LogP contribution in [0.1, 0.15) is 16.7 Å². The molecule has 1 aliphatic rings. The number of carbonyl (C=O) groups excluding carboxylic acids is 3. The van der Waals surface area contributed by atoms with Crippen LogP contribution in [0.25, 0.3) is 6.08 Å². The third-order valence-corrected chi connectivity index (χ3v) is 6.87. The number of hydrogen-bond donors (Lipinski definition) is 2. The summed E-state index contributed by atoms with van der Waals surface area (Å²) in [5.74, 6) is -0.729. The van der Waals surface area contributed by atoms with Crippen LogP contribution < -0.4 is 15.4 Å². The zero-order valence-corrected chi connectivity index (χ0v) is 23.1. The highest BCUT2D eigenvalue weighted by atomic mass is 79.9. The van der Waals surface area contributed by atoms with Gasteiger partial charge in [-0.3, -0.25) is 9.59 Å². The van der Waals surface area contributed by atoms with Gasteiger partial charge in [0, 0.05) is 5.69 Å². The Morgan fingerprint density at radius 2 is 1.84 bits per heavy atom. The maximum absolute atomic E-state index is 12.8. The summed E-state index contributed by atoms with van der Waals surface area (Å²) in [6.45, 7) is 1.66. The van der Waals surface area contributed by atoms with Crippen molar-refractivity contribution >= 4 is 80.3 Å². The van der Waals surface area contributed by atoms with E-state index in [1.165, 1.54) is 6.08 Å². The number of nitrogens with zero attached hydrogens (tertiary/aromatic N) is 1. The van der Waals surface area contributed by atoms with Crippen molar-refractivity contribution < 1.29 is 19.1 Å². The molecule has 4 amide bonds. The summed E-state index contributed by atoms with van der Waals surface area (Å²) in [6, 6.07) is 15.0. The molecule has 37 heavy (non-hydrogen) atoms. The lowest BCUT2D eigenvalue weighted by Crippen LogP contribution is -2.38. The van der Waals surface area contributed by atoms with E-state index in [2.05, 4.69) is 26.6 Å². The number of ether oxygens (including phenoxy) is 1. The zero-order chi connectivity index (χ0) is 26.7. The first-order valence-electron chi connectivity index (χ1n) is 10.9. The lowest BCUT2D eigenvalue weighted by molar-refractivity contribution is -0.127. The van der Waals surface area contributed by atoms with E-state index >= 15 is 0 Å². The molecular weight excluding hydrogens is 605 g/mol. The van der Waals surface area contributed by atoms with E-state index in [1.54, 1.807) is 48.5 Å². The summed E-state index contributed by atoms with van der Waals surface area (Å²) in [5, 5.41) is 6.33. The van der Waals surface area contributed by atoms with E-state index in [0.29, 0.717) is 31.5 Å². The van der Waals surface area contributed by atoms with Crippen LogP contribution in [0.4, 0.5) is 10.5 Å². The van der Waals surface area contributed by atoms with Crippen LogP contribution in [0.5, 0.6) is 5.75 Å². The number of aryl methyl sites for hydroxylation is 1. The maximum Gasteiger partial charge on any atom is 0.329 e. The number of nitrogens with one attached hydrogen (secondary N) is 2. The van der Waals surface area contributed by atoms with Crippen molar-refractivity contribution in [3.05, 3.63) is 96.5 Å². The first-order chi connectivity index (χ1) is 17.6. The van der Waals surface area contributed by atoms with Gasteiger partial charge in [0.05, 0.1) is 19.5 Å². The summed E-state index contributed by atoms with van der Waals surface area (Å²) in [7, 11) is 0. The highest BCUT2D eigenvalue weighted by Gasteiger charge is 2.35. The number of anilines is 1. The van der Waals surface area contributed by atoms with Crippen molar-refractivity contribution in [2.45, 2.75) is 13.5 Å². The molecule has 0 aliphatic carbocycles. The lowest BCUT2D eigenvalue weighted by atomic mass is 10.1. The minimum atomic E-state index is -0.692. The predicted octanol–water partition coefficient (Wildman–Crippen LogP) is 6.83. The van der Waals surface area contributed by atoms with Crippen LogP contribution in [0.15, 0.2) is 64.8 Å². The molecule has 0 aromatic heterocycles. The molecule has 0 unspecified atom stereocenters. The summed E-state index contributed by atoms with van der Waals surface area (Å²) < 4.78 is 6.38. The Kier molecular flexibility index (Phi) is 8.44. The van der Waals surface area contributed by atoms with Crippen LogP contribution >= 0.6 is 50.7 Å². The summed E-state index contributed by atoms with van der Waals surface area (Å²) in [5.41, 5.74) is 2.89. The van der Waals surface area contributed by atoms with Crippen molar-refractivity contribution in [2.75, 3.05) is 11.9 Å². The molecule has 0 spiro atoms. The van der Waals surface area contributed by atoms with Crippen molar-refractivity contribution in [1.29, 1.82) is 0 Å². The molecule has 3 aromatic rings. The van der Waals surface area contributed by atoms with E-state index in [1.807, 2.05) is 13.0 Å². The van der Waals surface area contributed by atoms with Gasteiger partial charge in [0.2, 0.25) is 5.91 Å². The Labute approximate surface area is 236 Å². The van der Waals surface area contributed by atoms with Crippen molar-refractivity contribution in [3.8, 4) is 5.75 Å². The fourth-order valence-electron chi connectivity index (χ4n) is 3.53. The van der Waals surface area contributed by atoms with Gasteiger partial charge in [-0.1, -0.05) is 53.0 Å². The molecular formula is C26H19BrCl3N3O4. The Balaban J connectivity index is 1.44. The van der Waals surface area contributed by atoms with Gasteiger partial charge in [-0.15, -0.1) is 0 Å². The molecule has 0 saturated carbocycles. The van der Waals surface area contributed by atoms with Crippen LogP contribution in [0.3, 0.4) is 0 Å². The third kappa shape index (κ3) is 6.64. The Bertz CT molecular complexity index is 1420. The van der Waals surface area contributed by atoms with Gasteiger partial charge in [0.1, 0.15) is 18.8 Å². The van der Waals surface area contributed by atoms with Gasteiger partial charge in [-0.05, 0) is 82.0 Å². The van der Waals surface area contributed by atoms with Crippen molar-refractivity contribution in [1.82, 2.24) is 10.2 Å². The molecule has 4 rings (SSSR count). The van der Waals surface area contributed by atoms with E-state index in [4.69, 9.17) is 39.5 Å². The predicted molar refractivity (Wildman–Crippen MR) is 148 cm³/mol. The van der Waals surface area contributed by atoms with E-state index in [0.717, 1.165) is 16.0 Å². The van der Waals surface area contributed by atoms with Crippen LogP contribution in [0.2, 0.25) is 15.1 Å². The highest BCUT2D eigenvalue weighted by Crippen LogP contribution is 2.36. The topological polar surface area (TPSA) is 87.7 Å². The average Bonchev–Trinajstić information content (AvgIpc) is 3.08. The highest BCUT2D eigenvalue weighted by molar-refractivity contribution is 9.10. The lowest BCUT2D eigenvalue weighted by Gasteiger charge is -2.12. The first kappa shape index (κ1) is 27.0. The van der Waals surface area contributed by atoms with Crippen LogP contribution in [0, 0.1) is 6.92 Å². The minimum absolute atomic E-state index is 0.0146. The van der Waals surface area contributed by atoms with Gasteiger partial charge in [0.15, 0.2) is 5.75 Å². The number of rotatable bonds is 7.